The zero-order chi connectivity index (χ0) is 22.9. The highest BCUT2D eigenvalue weighted by Gasteiger charge is 2.35. The highest BCUT2D eigenvalue weighted by atomic mass is 32.1. The number of carbonyl (C=O) groups is 2. The highest BCUT2D eigenvalue weighted by Crippen LogP contribution is 2.45. The number of ether oxygens (including phenoxy) is 1. The summed E-state index contributed by atoms with van der Waals surface area (Å²) in [5, 5.41) is 3.74. The number of hydrogen-bond donors (Lipinski definition) is 1. The molecule has 1 aliphatic rings. The molecule has 1 aromatic heterocycles. The van der Waals surface area contributed by atoms with E-state index >= 15 is 0 Å². The first-order chi connectivity index (χ1) is 14.8. The zero-order valence-corrected chi connectivity index (χ0v) is 21.2. The van der Waals surface area contributed by atoms with Gasteiger partial charge in [0, 0.05) is 11.3 Å². The molecule has 0 radical (unpaired) electrons. The van der Waals surface area contributed by atoms with Gasteiger partial charge >= 0.3 is 5.97 Å². The summed E-state index contributed by atoms with van der Waals surface area (Å²) in [4.78, 5) is 26.4. The molecule has 1 N–H and O–H groups in total. The number of methoxy groups -OCH3 is 1. The Morgan fingerprint density at radius 1 is 1.06 bits per heavy atom. The minimum atomic E-state index is -0.326. The summed E-state index contributed by atoms with van der Waals surface area (Å²) in [5.74, 6) is 0.295. The number of thiophene rings is 1. The van der Waals surface area contributed by atoms with Crippen molar-refractivity contribution in [2.45, 2.75) is 111 Å². The summed E-state index contributed by atoms with van der Waals surface area (Å²) >= 11 is 1.59. The molecule has 1 amide bonds. The minimum absolute atomic E-state index is 0.0140. The van der Waals surface area contributed by atoms with E-state index in [1.54, 1.807) is 11.3 Å². The van der Waals surface area contributed by atoms with Crippen molar-refractivity contribution in [3.05, 3.63) is 16.0 Å². The molecule has 1 unspecified atom stereocenters. The Morgan fingerprint density at radius 2 is 1.71 bits per heavy atom. The lowest BCUT2D eigenvalue weighted by atomic mass is 9.69. The predicted octanol–water partition coefficient (Wildman–Crippen LogP) is 7.55. The molecule has 1 heterocycles. The SMILES string of the molecule is CCCCCCCCCCC(=O)Nc1sc2c(c1C(=O)OC)CCC(C(C)(C)CC)C2. The van der Waals surface area contributed by atoms with Gasteiger partial charge in [0.25, 0.3) is 0 Å². The third-order valence-corrected chi connectivity index (χ3v) is 8.35. The van der Waals surface area contributed by atoms with E-state index < -0.39 is 0 Å². The summed E-state index contributed by atoms with van der Waals surface area (Å²) in [7, 11) is 1.42. The van der Waals surface area contributed by atoms with Gasteiger partial charge in [-0.15, -0.1) is 11.3 Å². The van der Waals surface area contributed by atoms with Crippen molar-refractivity contribution in [3.8, 4) is 0 Å². The van der Waals surface area contributed by atoms with Gasteiger partial charge in [-0.2, -0.15) is 0 Å². The van der Waals surface area contributed by atoms with Crippen LogP contribution in [0.15, 0.2) is 0 Å². The van der Waals surface area contributed by atoms with Gasteiger partial charge in [0.05, 0.1) is 12.7 Å². The summed E-state index contributed by atoms with van der Waals surface area (Å²) in [6, 6.07) is 0. The standard InChI is InChI=1S/C26H43NO3S/c1-6-8-9-10-11-12-13-14-15-22(28)27-24-23(25(29)30-5)20-17-16-19(18-21(20)31-24)26(3,4)7-2/h19H,6-18H2,1-5H3,(H,27,28). The average molecular weight is 450 g/mol. The number of nitrogens with one attached hydrogen (secondary N) is 1. The number of rotatable bonds is 13. The number of carbonyl (C=O) groups excluding carboxylic acids is 2. The molecule has 31 heavy (non-hydrogen) atoms. The normalized spacial score (nSPS) is 16.1. The Labute approximate surface area is 193 Å². The van der Waals surface area contributed by atoms with Crippen LogP contribution >= 0.6 is 11.3 Å². The van der Waals surface area contributed by atoms with Crippen LogP contribution in [0.3, 0.4) is 0 Å². The molecule has 0 saturated heterocycles. The second-order valence-corrected chi connectivity index (χ2v) is 10.9. The molecule has 0 saturated carbocycles. The van der Waals surface area contributed by atoms with Crippen molar-refractivity contribution in [1.82, 2.24) is 0 Å². The van der Waals surface area contributed by atoms with Crippen LogP contribution < -0.4 is 5.32 Å². The molecule has 5 heteroatoms. The zero-order valence-electron chi connectivity index (χ0n) is 20.4. The van der Waals surface area contributed by atoms with E-state index in [9.17, 15) is 9.59 Å². The van der Waals surface area contributed by atoms with Crippen LogP contribution in [-0.2, 0) is 22.4 Å². The molecule has 4 nitrogen and oxygen atoms in total. The summed E-state index contributed by atoms with van der Waals surface area (Å²) in [6.45, 7) is 9.16. The molecule has 0 aromatic carbocycles. The monoisotopic (exact) mass is 449 g/mol. The van der Waals surface area contributed by atoms with Crippen molar-refractivity contribution < 1.29 is 14.3 Å². The van der Waals surface area contributed by atoms with E-state index in [4.69, 9.17) is 4.74 Å². The van der Waals surface area contributed by atoms with Crippen LogP contribution in [-0.4, -0.2) is 19.0 Å². The van der Waals surface area contributed by atoms with Crippen LogP contribution in [0, 0.1) is 11.3 Å². The van der Waals surface area contributed by atoms with Crippen LogP contribution in [0.25, 0.3) is 0 Å². The molecule has 2 rings (SSSR count). The van der Waals surface area contributed by atoms with Gasteiger partial charge in [-0.3, -0.25) is 4.79 Å². The van der Waals surface area contributed by atoms with Gasteiger partial charge in [0.1, 0.15) is 5.00 Å². The first-order valence-electron chi connectivity index (χ1n) is 12.4. The fourth-order valence-electron chi connectivity index (χ4n) is 4.56. The van der Waals surface area contributed by atoms with E-state index in [1.165, 1.54) is 50.5 Å². The van der Waals surface area contributed by atoms with Crippen molar-refractivity contribution in [2.24, 2.45) is 11.3 Å². The van der Waals surface area contributed by atoms with Crippen LogP contribution in [0.2, 0.25) is 0 Å². The molecular weight excluding hydrogens is 406 g/mol. The first-order valence-corrected chi connectivity index (χ1v) is 13.2. The number of fused-ring (bicyclic) bond motifs is 1. The molecule has 1 aromatic rings. The van der Waals surface area contributed by atoms with Crippen molar-refractivity contribution in [3.63, 3.8) is 0 Å². The van der Waals surface area contributed by atoms with Gasteiger partial charge in [-0.05, 0) is 42.6 Å². The molecular formula is C26H43NO3S. The van der Waals surface area contributed by atoms with E-state index in [-0.39, 0.29) is 17.3 Å². The lowest BCUT2D eigenvalue weighted by molar-refractivity contribution is -0.116. The Morgan fingerprint density at radius 3 is 2.32 bits per heavy atom. The van der Waals surface area contributed by atoms with Crippen LogP contribution in [0.1, 0.15) is 119 Å². The molecule has 1 atom stereocenters. The lowest BCUT2D eigenvalue weighted by Crippen LogP contribution is -2.28. The van der Waals surface area contributed by atoms with E-state index in [0.29, 0.717) is 22.9 Å². The first kappa shape index (κ1) is 25.9. The highest BCUT2D eigenvalue weighted by molar-refractivity contribution is 7.17. The third-order valence-electron chi connectivity index (χ3n) is 7.18. The summed E-state index contributed by atoms with van der Waals surface area (Å²) < 4.78 is 5.07. The lowest BCUT2D eigenvalue weighted by Gasteiger charge is -2.36. The topological polar surface area (TPSA) is 55.4 Å². The molecule has 0 fully saturated rings. The van der Waals surface area contributed by atoms with Gasteiger partial charge < -0.3 is 10.1 Å². The van der Waals surface area contributed by atoms with Crippen molar-refractivity contribution in [2.75, 3.05) is 12.4 Å². The van der Waals surface area contributed by atoms with Crippen molar-refractivity contribution >= 4 is 28.2 Å². The second-order valence-electron chi connectivity index (χ2n) is 9.75. The smallest absolute Gasteiger partial charge is 0.341 e. The summed E-state index contributed by atoms with van der Waals surface area (Å²) in [5.41, 5.74) is 1.98. The molecule has 176 valence electrons. The maximum absolute atomic E-state index is 12.6. The van der Waals surface area contributed by atoms with E-state index in [0.717, 1.165) is 44.1 Å². The Bertz CT molecular complexity index is 722. The van der Waals surface area contributed by atoms with Gasteiger partial charge in [-0.25, -0.2) is 4.79 Å². The molecule has 0 aliphatic heterocycles. The summed E-state index contributed by atoms with van der Waals surface area (Å²) in [6.07, 6.45) is 14.3. The number of unbranched alkanes of at least 4 members (excludes halogenated alkanes) is 7. The Kier molecular flexibility index (Phi) is 10.5. The quantitative estimate of drug-likeness (QED) is 0.250. The van der Waals surface area contributed by atoms with Gasteiger partial charge in [0.2, 0.25) is 5.91 Å². The van der Waals surface area contributed by atoms with E-state index in [1.807, 2.05) is 0 Å². The molecule has 1 aliphatic carbocycles. The number of anilines is 1. The largest absolute Gasteiger partial charge is 0.465 e. The Hall–Kier alpha value is -1.36. The Balaban J connectivity index is 1.95. The average Bonchev–Trinajstić information content (AvgIpc) is 3.11. The third kappa shape index (κ3) is 7.34. The van der Waals surface area contributed by atoms with Gasteiger partial charge in [0.15, 0.2) is 0 Å². The minimum Gasteiger partial charge on any atom is -0.465 e. The fourth-order valence-corrected chi connectivity index (χ4v) is 5.89. The van der Waals surface area contributed by atoms with Gasteiger partial charge in [-0.1, -0.05) is 79.1 Å². The molecule has 0 spiro atoms. The predicted molar refractivity (Wildman–Crippen MR) is 131 cm³/mol. The van der Waals surface area contributed by atoms with Crippen LogP contribution in [0.4, 0.5) is 5.00 Å². The molecule has 0 bridgehead atoms. The number of esters is 1. The van der Waals surface area contributed by atoms with Crippen molar-refractivity contribution in [1.29, 1.82) is 0 Å². The van der Waals surface area contributed by atoms with Crippen LogP contribution in [0.5, 0.6) is 0 Å². The van der Waals surface area contributed by atoms with E-state index in [2.05, 4.69) is 33.0 Å². The maximum atomic E-state index is 12.6. The number of hydrogen-bond acceptors (Lipinski definition) is 4. The second kappa shape index (κ2) is 12.6. The fraction of sp³-hybridized carbons (Fsp3) is 0.769. The maximum Gasteiger partial charge on any atom is 0.341 e. The number of amides is 1.